The van der Waals surface area contributed by atoms with Gasteiger partial charge in [-0.15, -0.1) is 5.10 Å². The zero-order chi connectivity index (χ0) is 10.1. The summed E-state index contributed by atoms with van der Waals surface area (Å²) in [7, 11) is 1.77. The molecule has 1 saturated carbocycles. The number of aromatic nitrogens is 3. The lowest BCUT2D eigenvalue weighted by Gasteiger charge is -2.16. The van der Waals surface area contributed by atoms with Gasteiger partial charge in [-0.2, -0.15) is 0 Å². The van der Waals surface area contributed by atoms with Crippen molar-refractivity contribution in [2.45, 2.75) is 25.2 Å². The molecule has 5 nitrogen and oxygen atoms in total. The number of nitrogens with zero attached hydrogens (tertiary/aromatic N) is 3. The number of carbonyl (C=O) groups is 2. The summed E-state index contributed by atoms with van der Waals surface area (Å²) >= 11 is 0. The third-order valence-electron chi connectivity index (χ3n) is 2.38. The molecular weight excluding hydrogens is 182 g/mol. The maximum atomic E-state index is 11.2. The second-order valence-electron chi connectivity index (χ2n) is 3.68. The highest BCUT2D eigenvalue weighted by atomic mass is 16.1. The summed E-state index contributed by atoms with van der Waals surface area (Å²) < 4.78 is 1.58. The minimum Gasteiger partial charge on any atom is -0.299 e. The van der Waals surface area contributed by atoms with Gasteiger partial charge >= 0.3 is 0 Å². The highest BCUT2D eigenvalue weighted by molar-refractivity contribution is 6.02. The molecule has 1 heterocycles. The predicted molar refractivity (Wildman–Crippen MR) is 47.6 cm³/mol. The second-order valence-corrected chi connectivity index (χ2v) is 3.68. The van der Waals surface area contributed by atoms with E-state index in [-0.39, 0.29) is 23.9 Å². The van der Waals surface area contributed by atoms with Crippen molar-refractivity contribution >= 4 is 11.6 Å². The van der Waals surface area contributed by atoms with Gasteiger partial charge in [0.15, 0.2) is 0 Å². The van der Waals surface area contributed by atoms with Gasteiger partial charge in [-0.25, -0.2) is 0 Å². The Morgan fingerprint density at radius 3 is 2.50 bits per heavy atom. The molecule has 0 radical (unpaired) electrons. The lowest BCUT2D eigenvalue weighted by molar-refractivity contribution is -0.130. The molecule has 1 aromatic rings. The highest BCUT2D eigenvalue weighted by Gasteiger charge is 2.28. The zero-order valence-corrected chi connectivity index (χ0v) is 7.93. The van der Waals surface area contributed by atoms with Gasteiger partial charge in [-0.1, -0.05) is 5.21 Å². The Balaban J connectivity index is 2.18. The fraction of sp³-hybridized carbons (Fsp3) is 0.556. The first-order valence-electron chi connectivity index (χ1n) is 4.55. The van der Waals surface area contributed by atoms with Crippen LogP contribution in [0.4, 0.5) is 0 Å². The van der Waals surface area contributed by atoms with E-state index in [9.17, 15) is 9.59 Å². The van der Waals surface area contributed by atoms with Crippen LogP contribution in [0.25, 0.3) is 0 Å². The summed E-state index contributed by atoms with van der Waals surface area (Å²) in [4.78, 5) is 22.4. The van der Waals surface area contributed by atoms with E-state index in [1.54, 1.807) is 17.9 Å². The molecule has 1 aliphatic carbocycles. The fourth-order valence-corrected chi connectivity index (χ4v) is 1.75. The van der Waals surface area contributed by atoms with Crippen LogP contribution in [0.5, 0.6) is 0 Å². The molecule has 0 unspecified atom stereocenters. The molecule has 0 N–H and O–H groups in total. The third kappa shape index (κ3) is 1.71. The van der Waals surface area contributed by atoms with Gasteiger partial charge in [0.05, 0.1) is 12.1 Å². The maximum Gasteiger partial charge on any atom is 0.140 e. The molecule has 74 valence electrons. The van der Waals surface area contributed by atoms with Crippen molar-refractivity contribution in [3.8, 4) is 0 Å². The van der Waals surface area contributed by atoms with E-state index in [4.69, 9.17) is 0 Å². The van der Waals surface area contributed by atoms with Crippen molar-refractivity contribution in [1.29, 1.82) is 0 Å². The largest absolute Gasteiger partial charge is 0.299 e. The Kier molecular flexibility index (Phi) is 2.15. The number of rotatable bonds is 1. The van der Waals surface area contributed by atoms with Crippen LogP contribution in [0.3, 0.4) is 0 Å². The van der Waals surface area contributed by atoms with Gasteiger partial charge in [0.2, 0.25) is 0 Å². The maximum absolute atomic E-state index is 11.2. The van der Waals surface area contributed by atoms with Crippen molar-refractivity contribution in [1.82, 2.24) is 15.0 Å². The van der Waals surface area contributed by atoms with Crippen molar-refractivity contribution in [3.63, 3.8) is 0 Å². The first kappa shape index (κ1) is 9.05. The first-order chi connectivity index (χ1) is 6.65. The van der Waals surface area contributed by atoms with Crippen molar-refractivity contribution < 1.29 is 9.59 Å². The number of ketones is 2. The van der Waals surface area contributed by atoms with Gasteiger partial charge in [0.25, 0.3) is 0 Å². The van der Waals surface area contributed by atoms with Gasteiger partial charge in [-0.05, 0) is 0 Å². The number of carbonyl (C=O) groups excluding carboxylic acids is 2. The minimum absolute atomic E-state index is 0.0110. The van der Waals surface area contributed by atoms with Gasteiger partial charge < -0.3 is 0 Å². The molecule has 0 spiro atoms. The Labute approximate surface area is 81.1 Å². The van der Waals surface area contributed by atoms with E-state index in [0.717, 1.165) is 5.69 Å². The Morgan fingerprint density at radius 2 is 2.00 bits per heavy atom. The number of hydrogen-bond acceptors (Lipinski definition) is 4. The second kappa shape index (κ2) is 3.32. The molecule has 1 aromatic heterocycles. The third-order valence-corrected chi connectivity index (χ3v) is 2.38. The standard InChI is InChI=1S/C9H11N3O2/c1-12-5-9(10-11-12)6-2-7(13)4-8(14)3-6/h5-6H,2-4H2,1H3. The smallest absolute Gasteiger partial charge is 0.140 e. The minimum atomic E-state index is -0.0579. The van der Waals surface area contributed by atoms with E-state index in [0.29, 0.717) is 12.8 Å². The van der Waals surface area contributed by atoms with Gasteiger partial charge in [0.1, 0.15) is 11.6 Å². The summed E-state index contributed by atoms with van der Waals surface area (Å²) in [6, 6.07) is 0. The van der Waals surface area contributed by atoms with Crippen LogP contribution in [0, 0.1) is 0 Å². The van der Waals surface area contributed by atoms with Crippen LogP contribution in [-0.4, -0.2) is 26.6 Å². The number of Topliss-reactive ketones (excluding diaryl/α,β-unsaturated/α-hetero) is 2. The van der Waals surface area contributed by atoms with Crippen LogP contribution < -0.4 is 0 Å². The summed E-state index contributed by atoms with van der Waals surface area (Å²) in [6.07, 6.45) is 2.70. The van der Waals surface area contributed by atoms with Gasteiger partial charge in [0, 0.05) is 32.0 Å². The van der Waals surface area contributed by atoms with E-state index in [1.165, 1.54) is 0 Å². The molecule has 1 fully saturated rings. The zero-order valence-electron chi connectivity index (χ0n) is 7.93. The molecule has 1 aliphatic rings. The van der Waals surface area contributed by atoms with Crippen LogP contribution in [-0.2, 0) is 16.6 Å². The normalized spacial score (nSPS) is 18.9. The Hall–Kier alpha value is -1.52. The average molecular weight is 193 g/mol. The molecule has 0 aromatic carbocycles. The number of aryl methyl sites for hydroxylation is 1. The van der Waals surface area contributed by atoms with Crippen LogP contribution in [0.1, 0.15) is 30.9 Å². The first-order valence-corrected chi connectivity index (χ1v) is 4.55. The quantitative estimate of drug-likeness (QED) is 0.598. The van der Waals surface area contributed by atoms with Gasteiger partial charge in [-0.3, -0.25) is 14.3 Å². The van der Waals surface area contributed by atoms with Crippen molar-refractivity contribution in [3.05, 3.63) is 11.9 Å². The average Bonchev–Trinajstić information content (AvgIpc) is 2.50. The van der Waals surface area contributed by atoms with E-state index < -0.39 is 0 Å². The topological polar surface area (TPSA) is 64.8 Å². The molecule has 0 saturated heterocycles. The monoisotopic (exact) mass is 193 g/mol. The Bertz CT molecular complexity index is 367. The van der Waals surface area contributed by atoms with Crippen molar-refractivity contribution in [2.75, 3.05) is 0 Å². The molecule has 0 aliphatic heterocycles. The van der Waals surface area contributed by atoms with Crippen LogP contribution in [0.2, 0.25) is 0 Å². The molecule has 0 bridgehead atoms. The van der Waals surface area contributed by atoms with E-state index in [2.05, 4.69) is 10.3 Å². The Morgan fingerprint density at radius 1 is 1.36 bits per heavy atom. The van der Waals surface area contributed by atoms with E-state index >= 15 is 0 Å². The predicted octanol–water partition coefficient (Wildman–Crippen LogP) is 0.221. The molecule has 2 rings (SSSR count). The van der Waals surface area contributed by atoms with Crippen molar-refractivity contribution in [2.24, 2.45) is 7.05 Å². The molecule has 5 heteroatoms. The number of hydrogen-bond donors (Lipinski definition) is 0. The summed E-state index contributed by atoms with van der Waals surface area (Å²) in [5, 5.41) is 7.70. The van der Waals surface area contributed by atoms with E-state index in [1.807, 2.05) is 0 Å². The SMILES string of the molecule is Cn1cc(C2CC(=O)CC(=O)C2)nn1. The molecule has 0 amide bonds. The summed E-state index contributed by atoms with van der Waals surface area (Å²) in [5.74, 6) is -0.0359. The summed E-state index contributed by atoms with van der Waals surface area (Å²) in [6.45, 7) is 0. The fourth-order valence-electron chi connectivity index (χ4n) is 1.75. The highest BCUT2D eigenvalue weighted by Crippen LogP contribution is 2.27. The molecule has 0 atom stereocenters. The summed E-state index contributed by atoms with van der Waals surface area (Å²) in [5.41, 5.74) is 0.744. The lowest BCUT2D eigenvalue weighted by Crippen LogP contribution is -2.21. The van der Waals surface area contributed by atoms with Crippen LogP contribution in [0.15, 0.2) is 6.20 Å². The molecular formula is C9H11N3O2. The van der Waals surface area contributed by atoms with Crippen LogP contribution >= 0.6 is 0 Å². The lowest BCUT2D eigenvalue weighted by atomic mass is 9.85. The molecule has 14 heavy (non-hydrogen) atoms.